The molecule has 1 atom stereocenters. The summed E-state index contributed by atoms with van der Waals surface area (Å²) in [5, 5.41) is 9.94. The summed E-state index contributed by atoms with van der Waals surface area (Å²) in [6, 6.07) is 13.6. The highest BCUT2D eigenvalue weighted by Crippen LogP contribution is 2.22. The Hall–Kier alpha value is -2.87. The number of rotatable bonds is 6. The van der Waals surface area contributed by atoms with Crippen molar-refractivity contribution >= 4 is 21.5 Å². The van der Waals surface area contributed by atoms with Crippen molar-refractivity contribution < 1.29 is 8.42 Å². The van der Waals surface area contributed by atoms with Crippen molar-refractivity contribution in [3.05, 3.63) is 65.6 Å². The molecule has 2 heterocycles. The Bertz CT molecular complexity index is 963. The Kier molecular flexibility index (Phi) is 4.94. The molecule has 26 heavy (non-hydrogen) atoms. The molecule has 3 aromatic rings. The van der Waals surface area contributed by atoms with Crippen molar-refractivity contribution in [2.75, 3.05) is 10.0 Å². The highest BCUT2D eigenvalue weighted by molar-refractivity contribution is 7.92. The Morgan fingerprint density at radius 1 is 1.08 bits per heavy atom. The smallest absolute Gasteiger partial charge is 0.266 e. The number of nitrogens with zero attached hydrogens (tertiary/aromatic N) is 2. The maximum absolute atomic E-state index is 12.5. The van der Waals surface area contributed by atoms with Gasteiger partial charge in [-0.15, -0.1) is 0 Å². The molecule has 0 radical (unpaired) electrons. The van der Waals surface area contributed by atoms with Crippen molar-refractivity contribution in [1.29, 1.82) is 0 Å². The molecule has 2 aromatic heterocycles. The van der Waals surface area contributed by atoms with Crippen molar-refractivity contribution in [3.8, 4) is 0 Å². The van der Waals surface area contributed by atoms with Crippen LogP contribution in [0, 0.1) is 13.8 Å². The van der Waals surface area contributed by atoms with Gasteiger partial charge >= 0.3 is 0 Å². The lowest BCUT2D eigenvalue weighted by atomic mass is 10.1. The van der Waals surface area contributed by atoms with E-state index in [-0.39, 0.29) is 16.8 Å². The molecule has 0 aliphatic carbocycles. The zero-order valence-electron chi connectivity index (χ0n) is 14.8. The highest BCUT2D eigenvalue weighted by Gasteiger charge is 2.22. The number of sulfonamides is 1. The minimum atomic E-state index is -3.74. The summed E-state index contributed by atoms with van der Waals surface area (Å²) in [6.07, 6.45) is 1.60. The van der Waals surface area contributed by atoms with E-state index in [2.05, 4.69) is 32.1 Å². The molecule has 0 bridgehead atoms. The predicted molar refractivity (Wildman–Crippen MR) is 102 cm³/mol. The SMILES string of the molecule is Cc1n[nH]c(C)c1S(=O)(=O)Nc1ccc(NC(C)c2ccccc2)cn1. The molecule has 8 heteroatoms. The Morgan fingerprint density at radius 2 is 1.81 bits per heavy atom. The number of hydrogen-bond donors (Lipinski definition) is 3. The van der Waals surface area contributed by atoms with E-state index in [0.29, 0.717) is 11.4 Å². The van der Waals surface area contributed by atoms with E-state index in [1.807, 2.05) is 30.3 Å². The van der Waals surface area contributed by atoms with Crippen LogP contribution in [0.25, 0.3) is 0 Å². The molecule has 0 aliphatic heterocycles. The standard InChI is InChI=1S/C18H21N5O2S/c1-12(15-7-5-4-6-8-15)20-16-9-10-17(19-11-16)23-26(24,25)18-13(2)21-22-14(18)3/h4-12,20H,1-3H3,(H,19,23)(H,21,22). The molecule has 0 saturated carbocycles. The zero-order valence-corrected chi connectivity index (χ0v) is 15.6. The van der Waals surface area contributed by atoms with Gasteiger partial charge in [-0.1, -0.05) is 30.3 Å². The lowest BCUT2D eigenvalue weighted by molar-refractivity contribution is 0.600. The monoisotopic (exact) mass is 371 g/mol. The fourth-order valence-corrected chi connectivity index (χ4v) is 4.12. The number of anilines is 2. The fourth-order valence-electron chi connectivity index (χ4n) is 2.74. The third-order valence-electron chi connectivity index (χ3n) is 4.01. The molecule has 7 nitrogen and oxygen atoms in total. The summed E-state index contributed by atoms with van der Waals surface area (Å²) in [5.41, 5.74) is 2.87. The molecule has 0 fully saturated rings. The largest absolute Gasteiger partial charge is 0.377 e. The molecule has 136 valence electrons. The number of nitrogens with one attached hydrogen (secondary N) is 3. The first kappa shape index (κ1) is 17.9. The van der Waals surface area contributed by atoms with Gasteiger partial charge in [-0.2, -0.15) is 5.10 Å². The van der Waals surface area contributed by atoms with E-state index in [1.54, 1.807) is 32.2 Å². The molecule has 0 aliphatic rings. The van der Waals surface area contributed by atoms with Crippen LogP contribution in [0.5, 0.6) is 0 Å². The van der Waals surface area contributed by atoms with E-state index in [0.717, 1.165) is 11.3 Å². The number of aromatic amines is 1. The van der Waals surface area contributed by atoms with Crippen molar-refractivity contribution in [1.82, 2.24) is 15.2 Å². The second-order valence-electron chi connectivity index (χ2n) is 6.08. The van der Waals surface area contributed by atoms with Gasteiger partial charge in [0.25, 0.3) is 10.0 Å². The van der Waals surface area contributed by atoms with Crippen molar-refractivity contribution in [2.45, 2.75) is 31.7 Å². The minimum absolute atomic E-state index is 0.108. The van der Waals surface area contributed by atoms with Gasteiger partial charge in [-0.25, -0.2) is 13.4 Å². The van der Waals surface area contributed by atoms with E-state index < -0.39 is 10.0 Å². The molecule has 1 unspecified atom stereocenters. The van der Waals surface area contributed by atoms with Crippen LogP contribution in [0.15, 0.2) is 53.6 Å². The molecule has 0 spiro atoms. The molecule has 3 rings (SSSR count). The van der Waals surface area contributed by atoms with Crippen LogP contribution >= 0.6 is 0 Å². The third kappa shape index (κ3) is 3.85. The second-order valence-corrected chi connectivity index (χ2v) is 7.70. The summed E-state index contributed by atoms with van der Waals surface area (Å²) in [6.45, 7) is 5.36. The molecular weight excluding hydrogens is 350 g/mol. The maximum Gasteiger partial charge on any atom is 0.266 e. The lowest BCUT2D eigenvalue weighted by Gasteiger charge is -2.15. The predicted octanol–water partition coefficient (Wildman–Crippen LogP) is 3.40. The van der Waals surface area contributed by atoms with Crippen LogP contribution in [-0.2, 0) is 10.0 Å². The average molecular weight is 371 g/mol. The zero-order chi connectivity index (χ0) is 18.7. The van der Waals surface area contributed by atoms with Gasteiger partial charge in [0, 0.05) is 6.04 Å². The fraction of sp³-hybridized carbons (Fsp3) is 0.222. The summed E-state index contributed by atoms with van der Waals surface area (Å²) >= 11 is 0. The number of H-pyrrole nitrogens is 1. The Balaban J connectivity index is 1.72. The van der Waals surface area contributed by atoms with Gasteiger partial charge in [0.1, 0.15) is 10.7 Å². The average Bonchev–Trinajstić information content (AvgIpc) is 2.96. The lowest BCUT2D eigenvalue weighted by Crippen LogP contribution is -2.15. The van der Waals surface area contributed by atoms with Crippen LogP contribution < -0.4 is 10.0 Å². The minimum Gasteiger partial charge on any atom is -0.377 e. The number of pyridine rings is 1. The topological polar surface area (TPSA) is 99.8 Å². The molecule has 0 saturated heterocycles. The molecule has 0 amide bonds. The maximum atomic E-state index is 12.5. The first-order valence-electron chi connectivity index (χ1n) is 8.19. The highest BCUT2D eigenvalue weighted by atomic mass is 32.2. The van der Waals surface area contributed by atoms with Gasteiger partial charge in [0.05, 0.1) is 23.3 Å². The quantitative estimate of drug-likeness (QED) is 0.617. The molecule has 1 aromatic carbocycles. The van der Waals surface area contributed by atoms with Crippen LogP contribution in [0.1, 0.15) is 29.9 Å². The Labute approximate surface area is 152 Å². The van der Waals surface area contributed by atoms with Crippen LogP contribution in [-0.4, -0.2) is 23.6 Å². The normalized spacial score (nSPS) is 12.6. The van der Waals surface area contributed by atoms with Crippen LogP contribution in [0.3, 0.4) is 0 Å². The number of aryl methyl sites for hydroxylation is 2. The summed E-state index contributed by atoms with van der Waals surface area (Å²) < 4.78 is 27.5. The van der Waals surface area contributed by atoms with Crippen molar-refractivity contribution in [3.63, 3.8) is 0 Å². The number of aromatic nitrogens is 3. The van der Waals surface area contributed by atoms with Crippen LogP contribution in [0.2, 0.25) is 0 Å². The van der Waals surface area contributed by atoms with E-state index >= 15 is 0 Å². The first-order chi connectivity index (χ1) is 12.4. The molecular formula is C18H21N5O2S. The van der Waals surface area contributed by atoms with Crippen molar-refractivity contribution in [2.24, 2.45) is 0 Å². The molecule has 3 N–H and O–H groups in total. The summed E-state index contributed by atoms with van der Waals surface area (Å²) in [4.78, 5) is 4.35. The van der Waals surface area contributed by atoms with E-state index in [4.69, 9.17) is 0 Å². The van der Waals surface area contributed by atoms with E-state index in [1.165, 1.54) is 0 Å². The van der Waals surface area contributed by atoms with E-state index in [9.17, 15) is 8.42 Å². The Morgan fingerprint density at radius 3 is 2.38 bits per heavy atom. The number of hydrogen-bond acceptors (Lipinski definition) is 5. The van der Waals surface area contributed by atoms with Gasteiger partial charge in [0.15, 0.2) is 0 Å². The van der Waals surface area contributed by atoms with Gasteiger partial charge < -0.3 is 5.32 Å². The van der Waals surface area contributed by atoms with Gasteiger partial charge in [-0.05, 0) is 38.5 Å². The summed E-state index contributed by atoms with van der Waals surface area (Å²) in [5.74, 6) is 0.253. The van der Waals surface area contributed by atoms with Gasteiger partial charge in [-0.3, -0.25) is 9.82 Å². The number of benzene rings is 1. The first-order valence-corrected chi connectivity index (χ1v) is 9.67. The van der Waals surface area contributed by atoms with Crippen LogP contribution in [0.4, 0.5) is 11.5 Å². The second kappa shape index (κ2) is 7.17. The summed E-state index contributed by atoms with van der Waals surface area (Å²) in [7, 11) is -3.74. The third-order valence-corrected chi connectivity index (χ3v) is 5.63. The van der Waals surface area contributed by atoms with Gasteiger partial charge in [0.2, 0.25) is 0 Å².